The van der Waals surface area contributed by atoms with Gasteiger partial charge in [-0.1, -0.05) is 42.5 Å². The number of anilines is 1. The third kappa shape index (κ3) is 4.54. The van der Waals surface area contributed by atoms with Gasteiger partial charge in [0.25, 0.3) is 0 Å². The molecule has 2 fully saturated rings. The lowest BCUT2D eigenvalue weighted by molar-refractivity contribution is -0.135. The zero-order valence-electron chi connectivity index (χ0n) is 16.7. The molecule has 5 nitrogen and oxygen atoms in total. The number of carbonyl (C=O) groups is 1. The monoisotopic (exact) mass is 378 g/mol. The average Bonchev–Trinajstić information content (AvgIpc) is 2.72. The summed E-state index contributed by atoms with van der Waals surface area (Å²) in [5, 5.41) is 3.27. The van der Waals surface area contributed by atoms with E-state index >= 15 is 0 Å². The molecule has 1 N–H and O–H groups in total. The summed E-state index contributed by atoms with van der Waals surface area (Å²) in [6.07, 6.45) is 0.888. The minimum Gasteiger partial charge on any atom is -0.369 e. The van der Waals surface area contributed by atoms with E-state index in [0.29, 0.717) is 13.1 Å². The van der Waals surface area contributed by atoms with Gasteiger partial charge >= 0.3 is 0 Å². The Kier molecular flexibility index (Phi) is 5.93. The molecular weight excluding hydrogens is 348 g/mol. The molecule has 5 heteroatoms. The summed E-state index contributed by atoms with van der Waals surface area (Å²) in [7, 11) is 2.18. The van der Waals surface area contributed by atoms with Gasteiger partial charge in [-0.15, -0.1) is 0 Å². The Morgan fingerprint density at radius 2 is 1.64 bits per heavy atom. The van der Waals surface area contributed by atoms with Crippen LogP contribution in [-0.4, -0.2) is 68.1 Å². The van der Waals surface area contributed by atoms with E-state index in [-0.39, 0.29) is 11.9 Å². The lowest BCUT2D eigenvalue weighted by Gasteiger charge is -2.37. The number of benzene rings is 2. The average molecular weight is 379 g/mol. The van der Waals surface area contributed by atoms with Crippen molar-refractivity contribution in [1.82, 2.24) is 15.1 Å². The van der Waals surface area contributed by atoms with Crippen molar-refractivity contribution in [2.75, 3.05) is 51.2 Å². The number of carbonyl (C=O) groups excluding carboxylic acids is 1. The summed E-state index contributed by atoms with van der Waals surface area (Å²) in [5.74, 6) is 0.190. The number of piperazine rings is 2. The highest BCUT2D eigenvalue weighted by atomic mass is 16.2. The normalized spacial score (nSPS) is 21.2. The molecule has 28 heavy (non-hydrogen) atoms. The highest BCUT2D eigenvalue weighted by molar-refractivity contribution is 5.79. The van der Waals surface area contributed by atoms with Gasteiger partial charge in [0.1, 0.15) is 0 Å². The summed E-state index contributed by atoms with van der Waals surface area (Å²) in [6, 6.07) is 19.4. The molecule has 0 aromatic heterocycles. The Labute approximate surface area is 167 Å². The zero-order chi connectivity index (χ0) is 19.3. The molecule has 0 spiro atoms. The van der Waals surface area contributed by atoms with Gasteiger partial charge in [0.05, 0.1) is 6.54 Å². The standard InChI is InChI=1S/C23H30N4O/c1-25-11-13-26(14-12-25)21-9-7-20(8-10-21)18-27-22(16-24-17-23(27)28)15-19-5-3-2-4-6-19/h2-10,22,24H,11-18H2,1H3/t22-/m0/s1. The van der Waals surface area contributed by atoms with Gasteiger partial charge in [-0.2, -0.15) is 0 Å². The van der Waals surface area contributed by atoms with Crippen LogP contribution < -0.4 is 10.2 Å². The van der Waals surface area contributed by atoms with E-state index in [0.717, 1.165) is 39.1 Å². The molecule has 2 saturated heterocycles. The number of nitrogens with one attached hydrogen (secondary N) is 1. The first-order valence-electron chi connectivity index (χ1n) is 10.3. The van der Waals surface area contributed by atoms with Crippen LogP contribution in [0.5, 0.6) is 0 Å². The van der Waals surface area contributed by atoms with Crippen LogP contribution in [0.2, 0.25) is 0 Å². The van der Waals surface area contributed by atoms with Crippen molar-refractivity contribution in [2.24, 2.45) is 0 Å². The SMILES string of the molecule is CN1CCN(c2ccc(CN3C(=O)CNC[C@@H]3Cc3ccccc3)cc2)CC1. The molecule has 0 aliphatic carbocycles. The first-order valence-corrected chi connectivity index (χ1v) is 10.3. The van der Waals surface area contributed by atoms with Gasteiger partial charge in [0, 0.05) is 51.0 Å². The third-order valence-electron chi connectivity index (χ3n) is 5.89. The lowest BCUT2D eigenvalue weighted by atomic mass is 10.0. The van der Waals surface area contributed by atoms with Crippen molar-refractivity contribution in [2.45, 2.75) is 19.0 Å². The van der Waals surface area contributed by atoms with Crippen LogP contribution in [0.1, 0.15) is 11.1 Å². The summed E-state index contributed by atoms with van der Waals surface area (Å²) in [5.41, 5.74) is 3.76. The van der Waals surface area contributed by atoms with E-state index in [1.165, 1.54) is 16.8 Å². The first-order chi connectivity index (χ1) is 13.7. The van der Waals surface area contributed by atoms with Gasteiger partial charge in [-0.3, -0.25) is 4.79 Å². The van der Waals surface area contributed by atoms with Crippen LogP contribution >= 0.6 is 0 Å². The molecule has 0 radical (unpaired) electrons. The van der Waals surface area contributed by atoms with E-state index in [2.05, 4.69) is 70.7 Å². The van der Waals surface area contributed by atoms with Crippen molar-refractivity contribution in [3.63, 3.8) is 0 Å². The Morgan fingerprint density at radius 3 is 2.36 bits per heavy atom. The Balaban J connectivity index is 1.42. The maximum absolute atomic E-state index is 12.6. The largest absolute Gasteiger partial charge is 0.369 e. The molecule has 4 rings (SSSR count). The number of hydrogen-bond acceptors (Lipinski definition) is 4. The molecule has 2 aromatic rings. The molecule has 1 amide bonds. The molecule has 2 heterocycles. The predicted molar refractivity (Wildman–Crippen MR) is 114 cm³/mol. The minimum atomic E-state index is 0.190. The Morgan fingerprint density at radius 1 is 0.929 bits per heavy atom. The van der Waals surface area contributed by atoms with E-state index in [4.69, 9.17) is 0 Å². The topological polar surface area (TPSA) is 38.8 Å². The maximum atomic E-state index is 12.6. The molecule has 1 atom stereocenters. The Bertz CT molecular complexity index is 769. The van der Waals surface area contributed by atoms with Gasteiger partial charge in [0.15, 0.2) is 0 Å². The Hall–Kier alpha value is -2.37. The summed E-state index contributed by atoms with van der Waals surface area (Å²) >= 11 is 0. The van der Waals surface area contributed by atoms with Gasteiger partial charge in [-0.25, -0.2) is 0 Å². The molecule has 0 saturated carbocycles. The fourth-order valence-corrected chi connectivity index (χ4v) is 4.12. The molecule has 148 valence electrons. The lowest BCUT2D eigenvalue weighted by Crippen LogP contribution is -2.55. The van der Waals surface area contributed by atoms with Crippen LogP contribution in [0.4, 0.5) is 5.69 Å². The summed E-state index contributed by atoms with van der Waals surface area (Å²) < 4.78 is 0. The van der Waals surface area contributed by atoms with Crippen molar-refractivity contribution >= 4 is 11.6 Å². The maximum Gasteiger partial charge on any atom is 0.237 e. The fourth-order valence-electron chi connectivity index (χ4n) is 4.12. The number of hydrogen-bond donors (Lipinski definition) is 1. The smallest absolute Gasteiger partial charge is 0.237 e. The van der Waals surface area contributed by atoms with Crippen LogP contribution in [0.25, 0.3) is 0 Å². The van der Waals surface area contributed by atoms with E-state index < -0.39 is 0 Å². The van der Waals surface area contributed by atoms with Crippen molar-refractivity contribution in [3.8, 4) is 0 Å². The van der Waals surface area contributed by atoms with Gasteiger partial charge in [-0.05, 0) is 36.7 Å². The minimum absolute atomic E-state index is 0.190. The number of rotatable bonds is 5. The van der Waals surface area contributed by atoms with E-state index in [1.54, 1.807) is 0 Å². The summed E-state index contributed by atoms with van der Waals surface area (Å²) in [4.78, 5) is 19.5. The van der Waals surface area contributed by atoms with Gasteiger partial charge < -0.3 is 20.0 Å². The fraction of sp³-hybridized carbons (Fsp3) is 0.435. The van der Waals surface area contributed by atoms with Crippen molar-refractivity contribution in [3.05, 3.63) is 65.7 Å². The number of nitrogens with zero attached hydrogens (tertiary/aromatic N) is 3. The molecule has 2 aromatic carbocycles. The molecule has 2 aliphatic rings. The second-order valence-corrected chi connectivity index (χ2v) is 7.95. The molecule has 0 bridgehead atoms. The summed E-state index contributed by atoms with van der Waals surface area (Å²) in [6.45, 7) is 6.33. The molecular formula is C23H30N4O. The zero-order valence-corrected chi connectivity index (χ0v) is 16.7. The van der Waals surface area contributed by atoms with Crippen molar-refractivity contribution < 1.29 is 4.79 Å². The van der Waals surface area contributed by atoms with Crippen LogP contribution in [0, 0.1) is 0 Å². The quantitative estimate of drug-likeness (QED) is 0.864. The number of amides is 1. The first kappa shape index (κ1) is 19.0. The number of likely N-dealkylation sites (N-methyl/N-ethyl adjacent to an activating group) is 1. The van der Waals surface area contributed by atoms with E-state index in [1.807, 2.05) is 11.0 Å². The third-order valence-corrected chi connectivity index (χ3v) is 5.89. The van der Waals surface area contributed by atoms with E-state index in [9.17, 15) is 4.79 Å². The van der Waals surface area contributed by atoms with Crippen LogP contribution in [-0.2, 0) is 17.8 Å². The molecule has 0 unspecified atom stereocenters. The second kappa shape index (κ2) is 8.76. The predicted octanol–water partition coefficient (Wildman–Crippen LogP) is 1.98. The van der Waals surface area contributed by atoms with Crippen LogP contribution in [0.3, 0.4) is 0 Å². The van der Waals surface area contributed by atoms with Crippen molar-refractivity contribution in [1.29, 1.82) is 0 Å². The second-order valence-electron chi connectivity index (χ2n) is 7.95. The highest BCUT2D eigenvalue weighted by Gasteiger charge is 2.28. The highest BCUT2D eigenvalue weighted by Crippen LogP contribution is 2.20. The van der Waals surface area contributed by atoms with Gasteiger partial charge in [0.2, 0.25) is 5.91 Å². The molecule has 2 aliphatic heterocycles. The van der Waals surface area contributed by atoms with Crippen LogP contribution in [0.15, 0.2) is 54.6 Å².